The minimum atomic E-state index is -0.0985. The van der Waals surface area contributed by atoms with Gasteiger partial charge in [0.15, 0.2) is 0 Å². The largest absolute Gasteiger partial charge is 0.351 e. The van der Waals surface area contributed by atoms with Gasteiger partial charge in [-0.2, -0.15) is 0 Å². The molecule has 1 amide bonds. The molecule has 0 saturated carbocycles. The van der Waals surface area contributed by atoms with Crippen molar-refractivity contribution in [1.82, 2.24) is 9.88 Å². The highest BCUT2D eigenvalue weighted by Gasteiger charge is 2.10. The van der Waals surface area contributed by atoms with Gasteiger partial charge in [-0.05, 0) is 24.6 Å². The van der Waals surface area contributed by atoms with Crippen molar-refractivity contribution in [2.45, 2.75) is 24.9 Å². The summed E-state index contributed by atoms with van der Waals surface area (Å²) in [7, 11) is 0. The predicted molar refractivity (Wildman–Crippen MR) is 108 cm³/mol. The number of carbonyl (C=O) groups excluding carboxylic acids is 1. The molecule has 0 aliphatic carbocycles. The second kappa shape index (κ2) is 8.43. The van der Waals surface area contributed by atoms with Crippen molar-refractivity contribution in [2.24, 2.45) is 0 Å². The number of thioether (sulfide) groups is 1. The van der Waals surface area contributed by atoms with E-state index in [4.69, 9.17) is 11.6 Å². The summed E-state index contributed by atoms with van der Waals surface area (Å²) in [5.41, 5.74) is 1.72. The quantitative estimate of drug-likeness (QED) is 0.649. The van der Waals surface area contributed by atoms with Crippen LogP contribution in [0.25, 0.3) is 10.9 Å². The number of benzene rings is 2. The van der Waals surface area contributed by atoms with Crippen LogP contribution in [0.15, 0.2) is 64.3 Å². The molecule has 2 aromatic carbocycles. The first-order valence-electron chi connectivity index (χ1n) is 8.35. The first-order chi connectivity index (χ1) is 12.6. The van der Waals surface area contributed by atoms with Gasteiger partial charge in [-0.3, -0.25) is 9.59 Å². The molecule has 4 nitrogen and oxygen atoms in total. The fraction of sp³-hybridized carbons (Fsp3) is 0.200. The van der Waals surface area contributed by atoms with Gasteiger partial charge < -0.3 is 9.88 Å². The van der Waals surface area contributed by atoms with Crippen LogP contribution in [0.1, 0.15) is 12.5 Å². The third kappa shape index (κ3) is 4.11. The van der Waals surface area contributed by atoms with Crippen molar-refractivity contribution < 1.29 is 4.79 Å². The van der Waals surface area contributed by atoms with Gasteiger partial charge in [-0.15, -0.1) is 11.8 Å². The molecule has 6 heteroatoms. The van der Waals surface area contributed by atoms with Gasteiger partial charge in [-0.25, -0.2) is 0 Å². The SMILES string of the molecule is CCn1c(=O)cc(SCC(=O)NCc2ccccc2Cl)c2ccccc21. The predicted octanol–water partition coefficient (Wildman–Crippen LogP) is 4.08. The summed E-state index contributed by atoms with van der Waals surface area (Å²) in [6.07, 6.45) is 0. The Kier molecular flexibility index (Phi) is 6.01. The van der Waals surface area contributed by atoms with Crippen LogP contribution in [-0.2, 0) is 17.9 Å². The number of nitrogens with one attached hydrogen (secondary N) is 1. The Morgan fingerprint density at radius 3 is 2.65 bits per heavy atom. The molecule has 3 aromatic rings. The third-order valence-corrected chi connectivity index (χ3v) is 5.51. The van der Waals surface area contributed by atoms with Crippen molar-refractivity contribution in [1.29, 1.82) is 0 Å². The van der Waals surface area contributed by atoms with Crippen LogP contribution >= 0.6 is 23.4 Å². The average Bonchev–Trinajstić information content (AvgIpc) is 2.65. The number of fused-ring (bicyclic) bond motifs is 1. The summed E-state index contributed by atoms with van der Waals surface area (Å²) in [5.74, 6) is 0.142. The maximum atomic E-state index is 12.3. The molecule has 1 N–H and O–H groups in total. The summed E-state index contributed by atoms with van der Waals surface area (Å²) in [4.78, 5) is 25.3. The second-order valence-electron chi connectivity index (χ2n) is 5.77. The second-order valence-corrected chi connectivity index (χ2v) is 7.19. The first kappa shape index (κ1) is 18.5. The zero-order valence-electron chi connectivity index (χ0n) is 14.4. The monoisotopic (exact) mass is 386 g/mol. The lowest BCUT2D eigenvalue weighted by molar-refractivity contribution is -0.118. The van der Waals surface area contributed by atoms with Gasteiger partial charge in [0.1, 0.15) is 0 Å². The molecular weight excluding hydrogens is 368 g/mol. The van der Waals surface area contributed by atoms with Crippen molar-refractivity contribution >= 4 is 40.2 Å². The normalized spacial score (nSPS) is 10.8. The zero-order valence-corrected chi connectivity index (χ0v) is 15.9. The maximum absolute atomic E-state index is 12.3. The Bertz CT molecular complexity index is 1000. The van der Waals surface area contributed by atoms with Crippen LogP contribution in [0.3, 0.4) is 0 Å². The fourth-order valence-electron chi connectivity index (χ4n) is 2.78. The summed E-state index contributed by atoms with van der Waals surface area (Å²) in [5, 5.41) is 4.49. The summed E-state index contributed by atoms with van der Waals surface area (Å²) >= 11 is 7.47. The number of carbonyl (C=O) groups is 1. The minimum Gasteiger partial charge on any atom is -0.351 e. The Labute approximate surface area is 161 Å². The summed E-state index contributed by atoms with van der Waals surface area (Å²) < 4.78 is 1.73. The number of nitrogens with zero attached hydrogens (tertiary/aromatic N) is 1. The van der Waals surface area contributed by atoms with Crippen LogP contribution in [0, 0.1) is 0 Å². The zero-order chi connectivity index (χ0) is 18.5. The van der Waals surface area contributed by atoms with Gasteiger partial charge in [0.2, 0.25) is 5.91 Å². The number of aromatic nitrogens is 1. The van der Waals surface area contributed by atoms with Crippen molar-refractivity contribution in [3.8, 4) is 0 Å². The molecular formula is C20H19ClN2O2S. The van der Waals surface area contributed by atoms with Gasteiger partial charge >= 0.3 is 0 Å². The molecule has 26 heavy (non-hydrogen) atoms. The van der Waals surface area contributed by atoms with E-state index in [0.717, 1.165) is 21.4 Å². The van der Waals surface area contributed by atoms with Crippen molar-refractivity contribution in [2.75, 3.05) is 5.75 Å². The van der Waals surface area contributed by atoms with E-state index in [1.165, 1.54) is 11.8 Å². The number of hydrogen-bond donors (Lipinski definition) is 1. The van der Waals surface area contributed by atoms with E-state index in [1.54, 1.807) is 16.7 Å². The molecule has 0 saturated heterocycles. The van der Waals surface area contributed by atoms with E-state index >= 15 is 0 Å². The van der Waals surface area contributed by atoms with Crippen LogP contribution in [-0.4, -0.2) is 16.2 Å². The Morgan fingerprint density at radius 1 is 1.15 bits per heavy atom. The minimum absolute atomic E-state index is 0.0508. The van der Waals surface area contributed by atoms with E-state index < -0.39 is 0 Å². The molecule has 1 aromatic heterocycles. The number of aryl methyl sites for hydroxylation is 1. The molecule has 3 rings (SSSR count). The highest BCUT2D eigenvalue weighted by Crippen LogP contribution is 2.26. The number of halogens is 1. The van der Waals surface area contributed by atoms with Crippen LogP contribution in [0.5, 0.6) is 0 Å². The highest BCUT2D eigenvalue weighted by atomic mass is 35.5. The van der Waals surface area contributed by atoms with Gasteiger partial charge in [0.05, 0.1) is 11.3 Å². The Hall–Kier alpha value is -2.24. The molecule has 1 heterocycles. The average molecular weight is 387 g/mol. The molecule has 0 bridgehead atoms. The fourth-order valence-corrected chi connectivity index (χ4v) is 3.88. The van der Waals surface area contributed by atoms with Gasteiger partial charge in [-0.1, -0.05) is 48.0 Å². The van der Waals surface area contributed by atoms with E-state index in [0.29, 0.717) is 18.1 Å². The molecule has 0 aliphatic heterocycles. The lowest BCUT2D eigenvalue weighted by Crippen LogP contribution is -2.25. The first-order valence-corrected chi connectivity index (χ1v) is 9.72. The van der Waals surface area contributed by atoms with Gasteiger partial charge in [0.25, 0.3) is 5.56 Å². The Balaban J connectivity index is 1.71. The maximum Gasteiger partial charge on any atom is 0.252 e. The molecule has 0 spiro atoms. The lowest BCUT2D eigenvalue weighted by atomic mass is 10.2. The number of pyridine rings is 1. The van der Waals surface area contributed by atoms with E-state index in [1.807, 2.05) is 49.4 Å². The molecule has 0 atom stereocenters. The van der Waals surface area contributed by atoms with Crippen molar-refractivity contribution in [3.63, 3.8) is 0 Å². The van der Waals surface area contributed by atoms with Crippen LogP contribution in [0.4, 0.5) is 0 Å². The molecule has 0 radical (unpaired) electrons. The summed E-state index contributed by atoms with van der Waals surface area (Å²) in [6, 6.07) is 16.8. The van der Waals surface area contributed by atoms with E-state index in [9.17, 15) is 9.59 Å². The molecule has 0 unspecified atom stereocenters. The molecule has 0 aliphatic rings. The smallest absolute Gasteiger partial charge is 0.252 e. The van der Waals surface area contributed by atoms with Crippen LogP contribution in [0.2, 0.25) is 5.02 Å². The lowest BCUT2D eigenvalue weighted by Gasteiger charge is -2.12. The topological polar surface area (TPSA) is 51.1 Å². The highest BCUT2D eigenvalue weighted by molar-refractivity contribution is 8.00. The standard InChI is InChI=1S/C20H19ClN2O2S/c1-2-23-17-10-6-4-8-15(17)18(11-20(23)25)26-13-19(24)22-12-14-7-3-5-9-16(14)21/h3-11H,2,12-13H2,1H3,(H,22,24). The van der Waals surface area contributed by atoms with E-state index in [2.05, 4.69) is 5.32 Å². The molecule has 0 fully saturated rings. The third-order valence-electron chi connectivity index (χ3n) is 4.09. The van der Waals surface area contributed by atoms with E-state index in [-0.39, 0.29) is 17.2 Å². The summed E-state index contributed by atoms with van der Waals surface area (Å²) in [6.45, 7) is 2.95. The molecule has 134 valence electrons. The van der Waals surface area contributed by atoms with Crippen molar-refractivity contribution in [3.05, 3.63) is 75.5 Å². The van der Waals surface area contributed by atoms with Gasteiger partial charge in [0, 0.05) is 34.5 Å². The number of hydrogen-bond acceptors (Lipinski definition) is 3. The number of amides is 1. The number of para-hydroxylation sites is 1. The Morgan fingerprint density at radius 2 is 1.88 bits per heavy atom. The van der Waals surface area contributed by atoms with Crippen LogP contribution < -0.4 is 10.9 Å². The number of rotatable bonds is 6.